The third kappa shape index (κ3) is 4.11. The average molecular weight is 312 g/mol. The van der Waals surface area contributed by atoms with Crippen molar-refractivity contribution in [3.8, 4) is 0 Å². The molecular weight excluding hydrogens is 298 g/mol. The van der Waals surface area contributed by atoms with Crippen molar-refractivity contribution in [2.24, 2.45) is 0 Å². The zero-order valence-electron chi connectivity index (χ0n) is 10.8. The van der Waals surface area contributed by atoms with Gasteiger partial charge in [-0.05, 0) is 43.3 Å². The molecule has 0 radical (unpaired) electrons. The maximum absolute atomic E-state index is 11.4. The van der Waals surface area contributed by atoms with E-state index in [1.807, 2.05) is 12.1 Å². The van der Waals surface area contributed by atoms with Gasteiger partial charge < -0.3 is 5.32 Å². The number of nitrogens with one attached hydrogen (secondary N) is 2. The minimum atomic E-state index is -3.30. The molecule has 106 valence electrons. The lowest BCUT2D eigenvalue weighted by Crippen LogP contribution is -2.15. The quantitative estimate of drug-likeness (QED) is 0.889. The summed E-state index contributed by atoms with van der Waals surface area (Å²) >= 11 is 5.81. The van der Waals surface area contributed by atoms with Gasteiger partial charge >= 0.3 is 0 Å². The molecule has 0 aliphatic heterocycles. The molecule has 2 rings (SSSR count). The van der Waals surface area contributed by atoms with Crippen LogP contribution in [0, 0.1) is 0 Å². The first-order valence-electron chi connectivity index (χ1n) is 5.97. The van der Waals surface area contributed by atoms with Crippen LogP contribution in [0.3, 0.4) is 0 Å². The van der Waals surface area contributed by atoms with Crippen molar-refractivity contribution in [1.29, 1.82) is 0 Å². The third-order valence-corrected chi connectivity index (χ3v) is 4.07. The molecule has 20 heavy (non-hydrogen) atoms. The van der Waals surface area contributed by atoms with E-state index in [4.69, 9.17) is 11.6 Å². The van der Waals surface area contributed by atoms with E-state index in [1.54, 1.807) is 37.4 Å². The van der Waals surface area contributed by atoms with Crippen molar-refractivity contribution in [2.75, 3.05) is 15.8 Å². The predicted molar refractivity (Wildman–Crippen MR) is 82.1 cm³/mol. The van der Waals surface area contributed by atoms with Gasteiger partial charge in [0.25, 0.3) is 0 Å². The van der Waals surface area contributed by atoms with Gasteiger partial charge in [0.1, 0.15) is 5.82 Å². The number of sulfonamides is 1. The monoisotopic (exact) mass is 311 g/mol. The summed E-state index contributed by atoms with van der Waals surface area (Å²) in [4.78, 5) is 4.05. The number of benzene rings is 1. The molecule has 1 aromatic carbocycles. The number of pyridine rings is 1. The molecule has 0 amide bonds. The zero-order valence-corrected chi connectivity index (χ0v) is 12.4. The van der Waals surface area contributed by atoms with Crippen LogP contribution in [0.1, 0.15) is 6.92 Å². The second kappa shape index (κ2) is 6.11. The molecule has 1 aromatic heterocycles. The molecule has 1 heterocycles. The fraction of sp³-hybridized carbons (Fsp3) is 0.154. The smallest absolute Gasteiger partial charge is 0.233 e. The Hall–Kier alpha value is -1.79. The zero-order chi connectivity index (χ0) is 14.6. The van der Waals surface area contributed by atoms with Crippen LogP contribution in [0.25, 0.3) is 0 Å². The molecule has 0 spiro atoms. The molecule has 2 N–H and O–H groups in total. The summed E-state index contributed by atoms with van der Waals surface area (Å²) in [6.07, 6.45) is 1.56. The maximum atomic E-state index is 11.4. The Bertz CT molecular complexity index is 670. The van der Waals surface area contributed by atoms with Crippen LogP contribution in [-0.2, 0) is 10.0 Å². The van der Waals surface area contributed by atoms with Crippen molar-refractivity contribution < 1.29 is 8.42 Å². The fourth-order valence-electron chi connectivity index (χ4n) is 1.46. The largest absolute Gasteiger partial charge is 0.354 e. The first-order valence-corrected chi connectivity index (χ1v) is 8.00. The van der Waals surface area contributed by atoms with Crippen LogP contribution in [0.4, 0.5) is 17.2 Å². The van der Waals surface area contributed by atoms with Crippen LogP contribution in [0.5, 0.6) is 0 Å². The summed E-state index contributed by atoms with van der Waals surface area (Å²) in [5.41, 5.74) is 1.63. The summed E-state index contributed by atoms with van der Waals surface area (Å²) in [5.74, 6) is 0.313. The molecule has 5 nitrogen and oxygen atoms in total. The Kier molecular flexibility index (Phi) is 4.46. The van der Waals surface area contributed by atoms with Crippen molar-refractivity contribution in [3.05, 3.63) is 47.6 Å². The molecule has 0 unspecified atom stereocenters. The first-order chi connectivity index (χ1) is 9.48. The van der Waals surface area contributed by atoms with Gasteiger partial charge in [0.05, 0.1) is 17.6 Å². The molecule has 0 saturated heterocycles. The van der Waals surface area contributed by atoms with Crippen LogP contribution >= 0.6 is 11.6 Å². The Labute approximate surface area is 123 Å². The summed E-state index contributed by atoms with van der Waals surface area (Å²) in [7, 11) is -3.30. The SMILES string of the molecule is CCS(=O)(=O)Nc1ccc(Nc2ccc(Cl)cc2)cn1. The van der Waals surface area contributed by atoms with Crippen LogP contribution < -0.4 is 10.0 Å². The normalized spacial score (nSPS) is 11.1. The van der Waals surface area contributed by atoms with E-state index in [9.17, 15) is 8.42 Å². The van der Waals surface area contributed by atoms with Gasteiger partial charge in [0.15, 0.2) is 0 Å². The number of hydrogen-bond acceptors (Lipinski definition) is 4. The lowest BCUT2D eigenvalue weighted by molar-refractivity contribution is 0.602. The Morgan fingerprint density at radius 3 is 2.30 bits per heavy atom. The summed E-state index contributed by atoms with van der Waals surface area (Å²) in [6.45, 7) is 1.57. The second-order valence-electron chi connectivity index (χ2n) is 4.07. The second-order valence-corrected chi connectivity index (χ2v) is 6.52. The van der Waals surface area contributed by atoms with Gasteiger partial charge in [-0.1, -0.05) is 11.6 Å². The van der Waals surface area contributed by atoms with E-state index < -0.39 is 10.0 Å². The van der Waals surface area contributed by atoms with Crippen molar-refractivity contribution >= 4 is 38.8 Å². The first kappa shape index (κ1) is 14.6. The highest BCUT2D eigenvalue weighted by molar-refractivity contribution is 7.92. The number of aromatic nitrogens is 1. The number of hydrogen-bond donors (Lipinski definition) is 2. The highest BCUT2D eigenvalue weighted by atomic mass is 35.5. The number of rotatable bonds is 5. The van der Waals surface area contributed by atoms with Gasteiger partial charge in [-0.2, -0.15) is 0 Å². The molecule has 0 atom stereocenters. The summed E-state index contributed by atoms with van der Waals surface area (Å²) in [6, 6.07) is 10.6. The van der Waals surface area contributed by atoms with E-state index in [0.29, 0.717) is 10.8 Å². The highest BCUT2D eigenvalue weighted by Crippen LogP contribution is 2.19. The van der Waals surface area contributed by atoms with E-state index in [0.717, 1.165) is 11.4 Å². The standard InChI is InChI=1S/C13H14ClN3O2S/c1-2-20(18,19)17-13-8-7-12(9-15-13)16-11-5-3-10(14)4-6-11/h3-9,16H,2H2,1H3,(H,15,17). The fourth-order valence-corrected chi connectivity index (χ4v) is 2.17. The van der Waals surface area contributed by atoms with Crippen LogP contribution in [0.15, 0.2) is 42.6 Å². The van der Waals surface area contributed by atoms with E-state index in [1.165, 1.54) is 0 Å². The van der Waals surface area contributed by atoms with E-state index in [-0.39, 0.29) is 5.75 Å². The topological polar surface area (TPSA) is 71.1 Å². The maximum Gasteiger partial charge on any atom is 0.233 e. The van der Waals surface area contributed by atoms with Crippen LogP contribution in [-0.4, -0.2) is 19.2 Å². The van der Waals surface area contributed by atoms with Gasteiger partial charge in [-0.15, -0.1) is 0 Å². The van der Waals surface area contributed by atoms with Crippen LogP contribution in [0.2, 0.25) is 5.02 Å². The predicted octanol–water partition coefficient (Wildman–Crippen LogP) is 3.24. The molecule has 0 aliphatic carbocycles. The van der Waals surface area contributed by atoms with Crippen molar-refractivity contribution in [3.63, 3.8) is 0 Å². The molecule has 7 heteroatoms. The van der Waals surface area contributed by atoms with Crippen molar-refractivity contribution in [2.45, 2.75) is 6.92 Å². The Morgan fingerprint density at radius 1 is 1.10 bits per heavy atom. The van der Waals surface area contributed by atoms with Crippen molar-refractivity contribution in [1.82, 2.24) is 4.98 Å². The lowest BCUT2D eigenvalue weighted by Gasteiger charge is -2.08. The molecule has 2 aromatic rings. The number of halogens is 1. The van der Waals surface area contributed by atoms with Gasteiger partial charge in [0, 0.05) is 10.7 Å². The Balaban J connectivity index is 2.07. The Morgan fingerprint density at radius 2 is 1.75 bits per heavy atom. The molecule has 0 bridgehead atoms. The summed E-state index contributed by atoms with van der Waals surface area (Å²) < 4.78 is 25.2. The highest BCUT2D eigenvalue weighted by Gasteiger charge is 2.07. The van der Waals surface area contributed by atoms with Gasteiger partial charge in [-0.25, -0.2) is 13.4 Å². The third-order valence-electron chi connectivity index (χ3n) is 2.54. The molecule has 0 saturated carbocycles. The number of anilines is 3. The molecular formula is C13H14ClN3O2S. The van der Waals surface area contributed by atoms with E-state index in [2.05, 4.69) is 15.0 Å². The minimum absolute atomic E-state index is 0.0133. The molecule has 0 fully saturated rings. The summed E-state index contributed by atoms with van der Waals surface area (Å²) in [5, 5.41) is 3.80. The molecule has 0 aliphatic rings. The van der Waals surface area contributed by atoms with E-state index >= 15 is 0 Å². The van der Waals surface area contributed by atoms with Gasteiger partial charge in [-0.3, -0.25) is 4.72 Å². The minimum Gasteiger partial charge on any atom is -0.354 e. The number of nitrogens with zero attached hydrogens (tertiary/aromatic N) is 1. The average Bonchev–Trinajstić information content (AvgIpc) is 2.43. The lowest BCUT2D eigenvalue weighted by atomic mass is 10.3. The van der Waals surface area contributed by atoms with Gasteiger partial charge in [0.2, 0.25) is 10.0 Å².